The van der Waals surface area contributed by atoms with Crippen molar-refractivity contribution in [2.75, 3.05) is 20.6 Å². The summed E-state index contributed by atoms with van der Waals surface area (Å²) in [6.45, 7) is 3.54. The van der Waals surface area contributed by atoms with E-state index in [0.29, 0.717) is 5.88 Å². The first-order chi connectivity index (χ1) is 11.2. The van der Waals surface area contributed by atoms with Crippen LogP contribution >= 0.6 is 11.6 Å². The number of unbranched alkanes of at least 4 members (excludes halogenated alkanes) is 9. The van der Waals surface area contributed by atoms with Gasteiger partial charge in [0.25, 0.3) is 0 Å². The van der Waals surface area contributed by atoms with Crippen LogP contribution < -0.4 is 0 Å². The number of hydrogen-bond donors (Lipinski definition) is 0. The fraction of sp³-hybridized carbons (Fsp3) is 0.714. The summed E-state index contributed by atoms with van der Waals surface area (Å²) in [4.78, 5) is 2.28. The van der Waals surface area contributed by atoms with Crippen LogP contribution in [0.2, 0.25) is 0 Å². The van der Waals surface area contributed by atoms with Crippen molar-refractivity contribution in [3.63, 3.8) is 0 Å². The Kier molecular flexibility index (Phi) is 17.4. The van der Waals surface area contributed by atoms with E-state index in [1.54, 1.807) is 0 Å². The van der Waals surface area contributed by atoms with Crippen molar-refractivity contribution in [1.29, 1.82) is 0 Å². The van der Waals surface area contributed by atoms with Gasteiger partial charge in [0.15, 0.2) is 0 Å². The summed E-state index contributed by atoms with van der Waals surface area (Å²) < 4.78 is 0. The van der Waals surface area contributed by atoms with Crippen LogP contribution in [-0.2, 0) is 5.88 Å². The lowest BCUT2D eigenvalue weighted by Gasteiger charge is -2.08. The third-order valence-corrected chi connectivity index (χ3v) is 4.26. The van der Waals surface area contributed by atoms with Gasteiger partial charge < -0.3 is 4.90 Å². The summed E-state index contributed by atoms with van der Waals surface area (Å²) in [6, 6.07) is 9.96. The molecule has 0 aliphatic rings. The Morgan fingerprint density at radius 1 is 0.739 bits per heavy atom. The maximum absolute atomic E-state index is 5.53. The maximum atomic E-state index is 5.53. The fourth-order valence-electron chi connectivity index (χ4n) is 2.48. The van der Waals surface area contributed by atoms with Gasteiger partial charge in [-0.15, -0.1) is 11.6 Å². The van der Waals surface area contributed by atoms with Crippen molar-refractivity contribution in [2.24, 2.45) is 0 Å². The van der Waals surface area contributed by atoms with E-state index in [1.807, 2.05) is 30.3 Å². The van der Waals surface area contributed by atoms with Crippen molar-refractivity contribution < 1.29 is 0 Å². The zero-order valence-corrected chi connectivity index (χ0v) is 16.5. The van der Waals surface area contributed by atoms with Crippen LogP contribution in [0.1, 0.15) is 76.7 Å². The van der Waals surface area contributed by atoms with Gasteiger partial charge in [-0.1, -0.05) is 95.0 Å². The Morgan fingerprint density at radius 3 is 1.61 bits per heavy atom. The molecule has 0 amide bonds. The summed E-state index contributed by atoms with van der Waals surface area (Å²) in [7, 11) is 4.32. The quantitative estimate of drug-likeness (QED) is 0.296. The molecule has 1 aromatic carbocycles. The van der Waals surface area contributed by atoms with Crippen molar-refractivity contribution in [3.05, 3.63) is 35.9 Å². The standard InChI is InChI=1S/C14H31N.C7H7Cl/c1-4-5-6-7-8-9-10-11-12-13-14-15(2)3;8-6-7-4-2-1-3-5-7/h4-14H2,1-3H3;1-5H,6H2. The SMILES string of the molecule is CCCCCCCCCCCCN(C)C.ClCc1ccccc1. The predicted octanol–water partition coefficient (Wildman–Crippen LogP) is 6.89. The van der Waals surface area contributed by atoms with E-state index in [4.69, 9.17) is 11.6 Å². The topological polar surface area (TPSA) is 3.24 Å². The molecule has 1 rings (SSSR count). The van der Waals surface area contributed by atoms with Crippen LogP contribution in [0.3, 0.4) is 0 Å². The van der Waals surface area contributed by atoms with Crippen LogP contribution in [-0.4, -0.2) is 25.5 Å². The third kappa shape index (κ3) is 17.7. The Hall–Kier alpha value is -0.530. The number of rotatable bonds is 12. The summed E-state index contributed by atoms with van der Waals surface area (Å²) >= 11 is 5.53. The Labute approximate surface area is 150 Å². The smallest absolute Gasteiger partial charge is 0.0474 e. The molecule has 0 N–H and O–H groups in total. The van der Waals surface area contributed by atoms with Gasteiger partial charge in [0.05, 0.1) is 0 Å². The molecule has 0 atom stereocenters. The molecule has 1 aromatic rings. The fourth-order valence-corrected chi connectivity index (χ4v) is 2.66. The van der Waals surface area contributed by atoms with Crippen LogP contribution in [0.5, 0.6) is 0 Å². The highest BCUT2D eigenvalue weighted by Crippen LogP contribution is 2.10. The number of alkyl halides is 1. The molecule has 0 aliphatic heterocycles. The van der Waals surface area contributed by atoms with Gasteiger partial charge in [0.2, 0.25) is 0 Å². The van der Waals surface area contributed by atoms with E-state index in [2.05, 4.69) is 25.9 Å². The monoisotopic (exact) mass is 339 g/mol. The van der Waals surface area contributed by atoms with Gasteiger partial charge in [0.1, 0.15) is 0 Å². The highest BCUT2D eigenvalue weighted by molar-refractivity contribution is 6.17. The first kappa shape index (κ1) is 22.5. The van der Waals surface area contributed by atoms with Crippen LogP contribution in [0.15, 0.2) is 30.3 Å². The average Bonchev–Trinajstić information content (AvgIpc) is 2.57. The molecule has 0 saturated heterocycles. The molecule has 0 aliphatic carbocycles. The second-order valence-corrected chi connectivity index (χ2v) is 6.87. The van der Waals surface area contributed by atoms with Gasteiger partial charge in [-0.25, -0.2) is 0 Å². The maximum Gasteiger partial charge on any atom is 0.0474 e. The molecule has 23 heavy (non-hydrogen) atoms. The second-order valence-electron chi connectivity index (χ2n) is 6.60. The van der Waals surface area contributed by atoms with Crippen LogP contribution in [0, 0.1) is 0 Å². The minimum Gasteiger partial charge on any atom is -0.309 e. The van der Waals surface area contributed by atoms with Crippen molar-refractivity contribution in [1.82, 2.24) is 4.90 Å². The first-order valence-corrected chi connectivity index (χ1v) is 9.98. The molecule has 134 valence electrons. The van der Waals surface area contributed by atoms with E-state index < -0.39 is 0 Å². The summed E-state index contributed by atoms with van der Waals surface area (Å²) in [6.07, 6.45) is 14.4. The van der Waals surface area contributed by atoms with Gasteiger partial charge in [-0.3, -0.25) is 0 Å². The van der Waals surface area contributed by atoms with Crippen molar-refractivity contribution >= 4 is 11.6 Å². The van der Waals surface area contributed by atoms with Gasteiger partial charge >= 0.3 is 0 Å². The molecule has 0 fully saturated rings. The number of halogens is 1. The lowest BCUT2D eigenvalue weighted by atomic mass is 10.1. The lowest BCUT2D eigenvalue weighted by Crippen LogP contribution is -2.12. The largest absolute Gasteiger partial charge is 0.309 e. The van der Waals surface area contributed by atoms with Crippen molar-refractivity contribution in [3.8, 4) is 0 Å². The van der Waals surface area contributed by atoms with E-state index >= 15 is 0 Å². The normalized spacial score (nSPS) is 10.5. The Balaban J connectivity index is 0.000000502. The summed E-state index contributed by atoms with van der Waals surface area (Å²) in [5, 5.41) is 0. The predicted molar refractivity (Wildman–Crippen MR) is 106 cm³/mol. The minimum atomic E-state index is 0.612. The highest BCUT2D eigenvalue weighted by atomic mass is 35.5. The molecule has 0 unspecified atom stereocenters. The van der Waals surface area contributed by atoms with Crippen LogP contribution in [0.25, 0.3) is 0 Å². The minimum absolute atomic E-state index is 0.612. The average molecular weight is 340 g/mol. The lowest BCUT2D eigenvalue weighted by molar-refractivity contribution is 0.389. The Bertz CT molecular complexity index is 324. The highest BCUT2D eigenvalue weighted by Gasteiger charge is 1.93. The molecule has 2 heteroatoms. The number of hydrogen-bond acceptors (Lipinski definition) is 1. The van der Waals surface area contributed by atoms with E-state index in [9.17, 15) is 0 Å². The van der Waals surface area contributed by atoms with E-state index in [0.717, 1.165) is 0 Å². The molecule has 0 saturated carbocycles. The number of benzene rings is 1. The first-order valence-electron chi connectivity index (χ1n) is 9.45. The Morgan fingerprint density at radius 2 is 1.22 bits per heavy atom. The molecular weight excluding hydrogens is 302 g/mol. The zero-order valence-electron chi connectivity index (χ0n) is 15.7. The summed E-state index contributed by atoms with van der Waals surface area (Å²) in [5.41, 5.74) is 1.18. The molecular formula is C21H38ClN. The second kappa shape index (κ2) is 17.8. The zero-order chi connectivity index (χ0) is 17.2. The third-order valence-electron chi connectivity index (χ3n) is 3.96. The molecule has 0 aromatic heterocycles. The van der Waals surface area contributed by atoms with Crippen LogP contribution in [0.4, 0.5) is 0 Å². The van der Waals surface area contributed by atoms with Gasteiger partial charge in [0, 0.05) is 5.88 Å². The summed E-state index contributed by atoms with van der Waals surface area (Å²) in [5.74, 6) is 0.612. The van der Waals surface area contributed by atoms with Crippen molar-refractivity contribution in [2.45, 2.75) is 77.0 Å². The molecule has 0 radical (unpaired) electrons. The van der Waals surface area contributed by atoms with E-state index in [1.165, 1.54) is 76.3 Å². The molecule has 1 nitrogen and oxygen atoms in total. The molecule has 0 bridgehead atoms. The number of nitrogens with zero attached hydrogens (tertiary/aromatic N) is 1. The molecule has 0 heterocycles. The van der Waals surface area contributed by atoms with Gasteiger partial charge in [-0.2, -0.15) is 0 Å². The van der Waals surface area contributed by atoms with E-state index in [-0.39, 0.29) is 0 Å². The van der Waals surface area contributed by atoms with Gasteiger partial charge in [-0.05, 0) is 32.6 Å². The molecule has 0 spiro atoms.